The average Bonchev–Trinajstić information content (AvgIpc) is 2.67. The molecule has 0 radical (unpaired) electrons. The lowest BCUT2D eigenvalue weighted by molar-refractivity contribution is 0.0196. The maximum absolute atomic E-state index is 12.2. The number of rotatable bonds is 1. The SMILES string of the molecule is Cn1ncc(Br)c1[C@H]1CCCN(C(=O)OC(C)(C)C)C1. The van der Waals surface area contributed by atoms with Crippen molar-refractivity contribution in [2.24, 2.45) is 7.05 Å². The van der Waals surface area contributed by atoms with E-state index in [1.807, 2.05) is 38.7 Å². The lowest BCUT2D eigenvalue weighted by Crippen LogP contribution is -2.42. The van der Waals surface area contributed by atoms with Gasteiger partial charge in [0.15, 0.2) is 0 Å². The number of carbonyl (C=O) groups excluding carboxylic acids is 1. The molecular weight excluding hydrogens is 322 g/mol. The molecule has 2 heterocycles. The molecule has 20 heavy (non-hydrogen) atoms. The molecule has 0 bridgehead atoms. The van der Waals surface area contributed by atoms with Gasteiger partial charge in [-0.15, -0.1) is 0 Å². The summed E-state index contributed by atoms with van der Waals surface area (Å²) in [4.78, 5) is 14.0. The molecule has 1 aliphatic heterocycles. The van der Waals surface area contributed by atoms with Crippen LogP contribution in [0, 0.1) is 0 Å². The predicted molar refractivity (Wildman–Crippen MR) is 80.7 cm³/mol. The first-order chi connectivity index (χ1) is 9.28. The van der Waals surface area contributed by atoms with Gasteiger partial charge in [0.2, 0.25) is 0 Å². The highest BCUT2D eigenvalue weighted by molar-refractivity contribution is 9.10. The Kier molecular flexibility index (Phi) is 4.42. The van der Waals surface area contributed by atoms with Crippen molar-refractivity contribution in [3.8, 4) is 0 Å². The average molecular weight is 344 g/mol. The number of amides is 1. The van der Waals surface area contributed by atoms with E-state index >= 15 is 0 Å². The first-order valence-electron chi connectivity index (χ1n) is 6.93. The van der Waals surface area contributed by atoms with E-state index in [1.54, 1.807) is 4.90 Å². The molecule has 1 saturated heterocycles. The molecule has 2 rings (SSSR count). The minimum Gasteiger partial charge on any atom is -0.444 e. The molecule has 1 fully saturated rings. The number of nitrogens with zero attached hydrogens (tertiary/aromatic N) is 3. The van der Waals surface area contributed by atoms with Gasteiger partial charge in [0, 0.05) is 26.1 Å². The van der Waals surface area contributed by atoms with Crippen LogP contribution in [-0.2, 0) is 11.8 Å². The van der Waals surface area contributed by atoms with Crippen molar-refractivity contribution in [3.63, 3.8) is 0 Å². The van der Waals surface area contributed by atoms with Crippen LogP contribution in [0.3, 0.4) is 0 Å². The molecule has 5 nitrogen and oxygen atoms in total. The van der Waals surface area contributed by atoms with Gasteiger partial charge in [0.05, 0.1) is 16.4 Å². The highest BCUT2D eigenvalue weighted by Crippen LogP contribution is 2.32. The first kappa shape index (κ1) is 15.4. The Morgan fingerprint density at radius 1 is 1.50 bits per heavy atom. The molecule has 0 aromatic carbocycles. The van der Waals surface area contributed by atoms with Crippen LogP contribution in [0.2, 0.25) is 0 Å². The monoisotopic (exact) mass is 343 g/mol. The van der Waals surface area contributed by atoms with Gasteiger partial charge >= 0.3 is 6.09 Å². The second-order valence-electron chi connectivity index (χ2n) is 6.27. The van der Waals surface area contributed by atoms with E-state index in [9.17, 15) is 4.79 Å². The van der Waals surface area contributed by atoms with Crippen molar-refractivity contribution in [1.82, 2.24) is 14.7 Å². The highest BCUT2D eigenvalue weighted by atomic mass is 79.9. The number of carbonyl (C=O) groups is 1. The molecule has 6 heteroatoms. The van der Waals surface area contributed by atoms with Gasteiger partial charge in [-0.25, -0.2) is 4.79 Å². The number of halogens is 1. The molecule has 0 aliphatic carbocycles. The molecule has 112 valence electrons. The summed E-state index contributed by atoms with van der Waals surface area (Å²) in [6.45, 7) is 7.13. The number of ether oxygens (including phenoxy) is 1. The van der Waals surface area contributed by atoms with Crippen molar-refractivity contribution in [2.75, 3.05) is 13.1 Å². The Labute approximate surface area is 128 Å². The van der Waals surface area contributed by atoms with Crippen LogP contribution < -0.4 is 0 Å². The molecule has 1 atom stereocenters. The quantitative estimate of drug-likeness (QED) is 0.785. The fourth-order valence-corrected chi connectivity index (χ4v) is 3.24. The number of hydrogen-bond acceptors (Lipinski definition) is 3. The lowest BCUT2D eigenvalue weighted by atomic mass is 9.95. The third-order valence-corrected chi connectivity index (χ3v) is 4.01. The van der Waals surface area contributed by atoms with Crippen LogP contribution in [0.1, 0.15) is 45.2 Å². The summed E-state index contributed by atoms with van der Waals surface area (Å²) in [6.07, 6.45) is 3.64. The summed E-state index contributed by atoms with van der Waals surface area (Å²) < 4.78 is 8.35. The van der Waals surface area contributed by atoms with Crippen LogP contribution in [0.25, 0.3) is 0 Å². The fraction of sp³-hybridized carbons (Fsp3) is 0.714. The van der Waals surface area contributed by atoms with E-state index in [4.69, 9.17) is 4.74 Å². The smallest absolute Gasteiger partial charge is 0.410 e. The minimum absolute atomic E-state index is 0.222. The lowest BCUT2D eigenvalue weighted by Gasteiger charge is -2.34. The first-order valence-corrected chi connectivity index (χ1v) is 7.72. The van der Waals surface area contributed by atoms with Crippen molar-refractivity contribution in [2.45, 2.75) is 45.1 Å². The van der Waals surface area contributed by atoms with E-state index < -0.39 is 5.60 Å². The standard InChI is InChI=1S/C14H22BrN3O2/c1-14(2,3)20-13(19)18-7-5-6-10(9-18)12-11(15)8-16-17(12)4/h8,10H,5-7,9H2,1-4H3/t10-/m0/s1. The molecule has 0 spiro atoms. The van der Waals surface area contributed by atoms with Crippen LogP contribution in [0.5, 0.6) is 0 Å². The van der Waals surface area contributed by atoms with Gasteiger partial charge < -0.3 is 9.64 Å². The van der Waals surface area contributed by atoms with Gasteiger partial charge in [0.25, 0.3) is 0 Å². The van der Waals surface area contributed by atoms with Gasteiger partial charge in [-0.05, 0) is 49.5 Å². The van der Waals surface area contributed by atoms with Gasteiger partial charge in [-0.3, -0.25) is 4.68 Å². The topological polar surface area (TPSA) is 47.4 Å². The molecule has 1 amide bonds. The maximum atomic E-state index is 12.2. The van der Waals surface area contributed by atoms with E-state index in [2.05, 4.69) is 21.0 Å². The Balaban J connectivity index is 2.08. The van der Waals surface area contributed by atoms with Crippen LogP contribution in [0.4, 0.5) is 4.79 Å². The Hall–Kier alpha value is -1.04. The highest BCUT2D eigenvalue weighted by Gasteiger charge is 2.30. The Bertz CT molecular complexity index is 474. The zero-order chi connectivity index (χ0) is 14.9. The minimum atomic E-state index is -0.447. The Morgan fingerprint density at radius 3 is 2.75 bits per heavy atom. The number of aromatic nitrogens is 2. The molecule has 1 aliphatic rings. The van der Waals surface area contributed by atoms with Crippen LogP contribution >= 0.6 is 15.9 Å². The zero-order valence-electron chi connectivity index (χ0n) is 12.5. The molecule has 0 N–H and O–H groups in total. The van der Waals surface area contributed by atoms with Crippen molar-refractivity contribution < 1.29 is 9.53 Å². The van der Waals surface area contributed by atoms with Crippen molar-refractivity contribution in [1.29, 1.82) is 0 Å². The van der Waals surface area contributed by atoms with E-state index in [0.29, 0.717) is 12.5 Å². The summed E-state index contributed by atoms with van der Waals surface area (Å²) in [6, 6.07) is 0. The summed E-state index contributed by atoms with van der Waals surface area (Å²) in [5.41, 5.74) is 0.704. The van der Waals surface area contributed by atoms with Crippen LogP contribution in [0.15, 0.2) is 10.7 Å². The van der Waals surface area contributed by atoms with Gasteiger partial charge in [-0.2, -0.15) is 5.10 Å². The van der Waals surface area contributed by atoms with E-state index in [-0.39, 0.29) is 6.09 Å². The third kappa shape index (κ3) is 3.53. The molecule has 0 saturated carbocycles. The molecular formula is C14H22BrN3O2. The predicted octanol–water partition coefficient (Wildman–Crippen LogP) is 3.30. The van der Waals surface area contributed by atoms with Crippen molar-refractivity contribution >= 4 is 22.0 Å². The van der Waals surface area contributed by atoms with Crippen LogP contribution in [-0.4, -0.2) is 39.5 Å². The van der Waals surface area contributed by atoms with E-state index in [0.717, 1.165) is 29.6 Å². The number of piperidine rings is 1. The Morgan fingerprint density at radius 2 is 2.20 bits per heavy atom. The molecule has 1 aromatic heterocycles. The summed E-state index contributed by atoms with van der Waals surface area (Å²) in [7, 11) is 1.94. The number of aryl methyl sites for hydroxylation is 1. The molecule has 1 aromatic rings. The normalized spacial score (nSPS) is 20.1. The second-order valence-corrected chi connectivity index (χ2v) is 7.12. The largest absolute Gasteiger partial charge is 0.444 e. The number of likely N-dealkylation sites (tertiary alicyclic amines) is 1. The van der Waals surface area contributed by atoms with Crippen molar-refractivity contribution in [3.05, 3.63) is 16.4 Å². The molecule has 0 unspecified atom stereocenters. The fourth-order valence-electron chi connectivity index (χ4n) is 2.57. The third-order valence-electron chi connectivity index (χ3n) is 3.40. The van der Waals surface area contributed by atoms with E-state index in [1.165, 1.54) is 0 Å². The summed E-state index contributed by atoms with van der Waals surface area (Å²) in [5.74, 6) is 0.304. The summed E-state index contributed by atoms with van der Waals surface area (Å²) >= 11 is 3.54. The van der Waals surface area contributed by atoms with Gasteiger partial charge in [-0.1, -0.05) is 0 Å². The zero-order valence-corrected chi connectivity index (χ0v) is 14.1. The van der Waals surface area contributed by atoms with Gasteiger partial charge in [0.1, 0.15) is 5.60 Å². The maximum Gasteiger partial charge on any atom is 0.410 e. The summed E-state index contributed by atoms with van der Waals surface area (Å²) in [5, 5.41) is 4.26. The number of hydrogen-bond donors (Lipinski definition) is 0. The second kappa shape index (κ2) is 5.76.